The fourth-order valence-corrected chi connectivity index (χ4v) is 3.38. The van der Waals surface area contributed by atoms with Gasteiger partial charge in [0, 0.05) is 31.2 Å². The van der Waals surface area contributed by atoms with E-state index in [0.717, 1.165) is 57.4 Å². The smallest absolute Gasteiger partial charge is 0.253 e. The van der Waals surface area contributed by atoms with Crippen LogP contribution in [0.25, 0.3) is 0 Å². The van der Waals surface area contributed by atoms with E-state index in [1.54, 1.807) is 0 Å². The largest absolute Gasteiger partial charge is 0.355 e. The average molecular weight is 345 g/mol. The van der Waals surface area contributed by atoms with E-state index < -0.39 is 0 Å². The molecule has 1 aliphatic rings. The van der Waals surface area contributed by atoms with Gasteiger partial charge in [0.25, 0.3) is 5.91 Å². The Morgan fingerprint density at radius 2 is 1.80 bits per heavy atom. The normalized spacial score (nSPS) is 15.4. The Balaban J connectivity index is 1.87. The van der Waals surface area contributed by atoms with Crippen molar-refractivity contribution in [2.24, 2.45) is 0 Å². The second-order valence-electron chi connectivity index (χ2n) is 6.71. The van der Waals surface area contributed by atoms with Gasteiger partial charge in [-0.3, -0.25) is 14.5 Å². The second kappa shape index (κ2) is 10.2. The summed E-state index contributed by atoms with van der Waals surface area (Å²) < 4.78 is 0. The third kappa shape index (κ3) is 5.85. The summed E-state index contributed by atoms with van der Waals surface area (Å²) in [5.41, 5.74) is 0.755. The first kappa shape index (κ1) is 19.4. The van der Waals surface area contributed by atoms with Gasteiger partial charge in [-0.1, -0.05) is 32.0 Å². The molecular formula is C20H31N3O2. The maximum Gasteiger partial charge on any atom is 0.253 e. The van der Waals surface area contributed by atoms with E-state index >= 15 is 0 Å². The van der Waals surface area contributed by atoms with Crippen molar-refractivity contribution < 1.29 is 9.59 Å². The van der Waals surface area contributed by atoms with E-state index in [9.17, 15) is 9.59 Å². The Labute approximate surface area is 151 Å². The van der Waals surface area contributed by atoms with Gasteiger partial charge in [0.2, 0.25) is 5.91 Å². The number of carbonyl (C=O) groups is 2. The molecule has 1 N–H and O–H groups in total. The molecule has 1 aromatic rings. The van der Waals surface area contributed by atoms with Crippen LogP contribution < -0.4 is 5.32 Å². The van der Waals surface area contributed by atoms with Gasteiger partial charge >= 0.3 is 0 Å². The van der Waals surface area contributed by atoms with Crippen LogP contribution in [-0.4, -0.2) is 60.4 Å². The van der Waals surface area contributed by atoms with Crippen molar-refractivity contribution in [2.75, 3.05) is 32.7 Å². The van der Waals surface area contributed by atoms with E-state index in [2.05, 4.69) is 24.1 Å². The SMILES string of the molecule is CCCNC(=O)CN(CCC)C1CCN(C(=O)c2ccccc2)CC1. The Kier molecular flexibility index (Phi) is 7.92. The molecular weight excluding hydrogens is 314 g/mol. The number of amides is 2. The maximum atomic E-state index is 12.5. The zero-order valence-electron chi connectivity index (χ0n) is 15.5. The first-order valence-electron chi connectivity index (χ1n) is 9.50. The van der Waals surface area contributed by atoms with E-state index in [0.29, 0.717) is 12.6 Å². The van der Waals surface area contributed by atoms with Crippen molar-refractivity contribution in [3.8, 4) is 0 Å². The van der Waals surface area contributed by atoms with Crippen LogP contribution in [0.2, 0.25) is 0 Å². The molecule has 0 atom stereocenters. The van der Waals surface area contributed by atoms with Crippen LogP contribution in [0.15, 0.2) is 30.3 Å². The van der Waals surface area contributed by atoms with Crippen molar-refractivity contribution in [3.05, 3.63) is 35.9 Å². The number of carbonyl (C=O) groups excluding carboxylic acids is 2. The summed E-state index contributed by atoms with van der Waals surface area (Å²) in [6.45, 7) is 7.85. The lowest BCUT2D eigenvalue weighted by atomic mass is 10.0. The Morgan fingerprint density at radius 1 is 1.12 bits per heavy atom. The van der Waals surface area contributed by atoms with E-state index in [1.165, 1.54) is 0 Å². The first-order valence-corrected chi connectivity index (χ1v) is 9.50. The summed E-state index contributed by atoms with van der Waals surface area (Å²) in [5.74, 6) is 0.222. The summed E-state index contributed by atoms with van der Waals surface area (Å²) in [5, 5.41) is 2.96. The van der Waals surface area contributed by atoms with Gasteiger partial charge in [-0.2, -0.15) is 0 Å². The number of hydrogen-bond acceptors (Lipinski definition) is 3. The predicted octanol–water partition coefficient (Wildman–Crippen LogP) is 2.53. The van der Waals surface area contributed by atoms with Gasteiger partial charge in [-0.05, 0) is 44.4 Å². The molecule has 1 saturated heterocycles. The molecule has 5 nitrogen and oxygen atoms in total. The molecule has 0 aromatic heterocycles. The topological polar surface area (TPSA) is 52.7 Å². The lowest BCUT2D eigenvalue weighted by Gasteiger charge is -2.38. The summed E-state index contributed by atoms with van der Waals surface area (Å²) in [6, 6.07) is 9.85. The number of hydrogen-bond donors (Lipinski definition) is 1. The predicted molar refractivity (Wildman–Crippen MR) is 101 cm³/mol. The number of piperidine rings is 1. The quantitative estimate of drug-likeness (QED) is 0.788. The highest BCUT2D eigenvalue weighted by molar-refractivity contribution is 5.94. The molecule has 1 aliphatic heterocycles. The number of rotatable bonds is 8. The van der Waals surface area contributed by atoms with Gasteiger partial charge in [-0.25, -0.2) is 0 Å². The molecule has 2 rings (SSSR count). The summed E-state index contributed by atoms with van der Waals surface area (Å²) in [4.78, 5) is 28.8. The fraction of sp³-hybridized carbons (Fsp3) is 0.600. The number of likely N-dealkylation sites (tertiary alicyclic amines) is 1. The molecule has 1 aromatic carbocycles. The van der Waals surface area contributed by atoms with Crippen LogP contribution in [0.1, 0.15) is 49.9 Å². The van der Waals surface area contributed by atoms with E-state index in [-0.39, 0.29) is 11.8 Å². The van der Waals surface area contributed by atoms with Crippen LogP contribution in [0.4, 0.5) is 0 Å². The minimum Gasteiger partial charge on any atom is -0.355 e. The van der Waals surface area contributed by atoms with Crippen molar-refractivity contribution >= 4 is 11.8 Å². The van der Waals surface area contributed by atoms with E-state index in [4.69, 9.17) is 0 Å². The van der Waals surface area contributed by atoms with Crippen molar-refractivity contribution in [3.63, 3.8) is 0 Å². The van der Waals surface area contributed by atoms with Gasteiger partial charge in [0.05, 0.1) is 6.54 Å². The molecule has 0 aliphatic carbocycles. The number of benzene rings is 1. The fourth-order valence-electron chi connectivity index (χ4n) is 3.38. The van der Waals surface area contributed by atoms with Crippen LogP contribution in [0.5, 0.6) is 0 Å². The molecule has 1 fully saturated rings. The molecule has 0 saturated carbocycles. The minimum atomic E-state index is 0.109. The minimum absolute atomic E-state index is 0.109. The van der Waals surface area contributed by atoms with Crippen LogP contribution in [-0.2, 0) is 4.79 Å². The summed E-state index contributed by atoms with van der Waals surface area (Å²) in [6.07, 6.45) is 3.85. The third-order valence-electron chi connectivity index (χ3n) is 4.72. The Morgan fingerprint density at radius 3 is 2.40 bits per heavy atom. The lowest BCUT2D eigenvalue weighted by molar-refractivity contribution is -0.123. The first-order chi connectivity index (χ1) is 12.2. The zero-order valence-corrected chi connectivity index (χ0v) is 15.5. The highest BCUT2D eigenvalue weighted by Gasteiger charge is 2.27. The monoisotopic (exact) mass is 345 g/mol. The van der Waals surface area contributed by atoms with Crippen molar-refractivity contribution in [1.82, 2.24) is 15.1 Å². The van der Waals surface area contributed by atoms with E-state index in [1.807, 2.05) is 35.2 Å². The molecule has 0 bridgehead atoms. The van der Waals surface area contributed by atoms with Crippen molar-refractivity contribution in [1.29, 1.82) is 0 Å². The average Bonchev–Trinajstić information content (AvgIpc) is 2.66. The Hall–Kier alpha value is -1.88. The molecule has 1 heterocycles. The molecule has 0 unspecified atom stereocenters. The lowest BCUT2D eigenvalue weighted by Crippen LogP contribution is -2.49. The second-order valence-corrected chi connectivity index (χ2v) is 6.71. The highest BCUT2D eigenvalue weighted by Crippen LogP contribution is 2.19. The Bertz CT molecular complexity index is 539. The van der Waals surface area contributed by atoms with Crippen LogP contribution >= 0.6 is 0 Å². The number of nitrogens with zero attached hydrogens (tertiary/aromatic N) is 2. The highest BCUT2D eigenvalue weighted by atomic mass is 16.2. The summed E-state index contributed by atoms with van der Waals surface area (Å²) in [7, 11) is 0. The molecule has 25 heavy (non-hydrogen) atoms. The van der Waals surface area contributed by atoms with Crippen LogP contribution in [0.3, 0.4) is 0 Å². The molecule has 0 radical (unpaired) electrons. The molecule has 5 heteroatoms. The molecule has 138 valence electrons. The molecule has 0 spiro atoms. The zero-order chi connectivity index (χ0) is 18.1. The van der Waals surface area contributed by atoms with Gasteiger partial charge < -0.3 is 10.2 Å². The standard InChI is InChI=1S/C20H31N3O2/c1-3-12-21-19(24)16-23(13-4-2)18-10-14-22(15-11-18)20(25)17-8-6-5-7-9-17/h5-9,18H,3-4,10-16H2,1-2H3,(H,21,24). The number of nitrogens with one attached hydrogen (secondary N) is 1. The van der Waals surface area contributed by atoms with Crippen molar-refractivity contribution in [2.45, 2.75) is 45.6 Å². The van der Waals surface area contributed by atoms with Crippen LogP contribution in [0, 0.1) is 0 Å². The third-order valence-corrected chi connectivity index (χ3v) is 4.72. The molecule has 2 amide bonds. The van der Waals surface area contributed by atoms with Gasteiger partial charge in [0.1, 0.15) is 0 Å². The summed E-state index contributed by atoms with van der Waals surface area (Å²) >= 11 is 0. The maximum absolute atomic E-state index is 12.5. The van der Waals surface area contributed by atoms with Gasteiger partial charge in [0.15, 0.2) is 0 Å². The van der Waals surface area contributed by atoms with Gasteiger partial charge in [-0.15, -0.1) is 0 Å².